The molecule has 3 atom stereocenters. The fraction of sp³-hybridized carbons (Fsp3) is 0.571. The predicted octanol–water partition coefficient (Wildman–Crippen LogP) is 2.01. The summed E-state index contributed by atoms with van der Waals surface area (Å²) in [6.45, 7) is 2.99. The van der Waals surface area contributed by atoms with Crippen LogP contribution in [0, 0.1) is 11.7 Å². The van der Waals surface area contributed by atoms with E-state index in [0.29, 0.717) is 13.1 Å². The molecule has 1 aromatic carbocycles. The first-order valence-electron chi connectivity index (χ1n) is 6.88. The second kappa shape index (κ2) is 5.09. The zero-order valence-corrected chi connectivity index (χ0v) is 12.1. The van der Waals surface area contributed by atoms with Gasteiger partial charge in [-0.15, -0.1) is 0 Å². The largest absolute Gasteiger partial charge is 0.375 e. The molecule has 1 aromatic rings. The number of piperidine rings is 1. The van der Waals surface area contributed by atoms with Gasteiger partial charge in [-0.3, -0.25) is 0 Å². The first-order valence-corrected chi connectivity index (χ1v) is 8.32. The van der Waals surface area contributed by atoms with Gasteiger partial charge in [0.05, 0.1) is 17.1 Å². The zero-order chi connectivity index (χ0) is 14.3. The topological polar surface area (TPSA) is 46.6 Å². The van der Waals surface area contributed by atoms with Crippen LogP contribution in [0.25, 0.3) is 0 Å². The lowest BCUT2D eigenvalue weighted by Crippen LogP contribution is -2.44. The maximum absolute atomic E-state index is 12.9. The third-order valence-corrected chi connectivity index (χ3v) is 6.00. The number of hydrogen-bond donors (Lipinski definition) is 0. The molecule has 2 aliphatic rings. The Morgan fingerprint density at radius 1 is 1.30 bits per heavy atom. The molecule has 0 radical (unpaired) electrons. The van der Waals surface area contributed by atoms with Gasteiger partial charge in [-0.05, 0) is 44.0 Å². The van der Waals surface area contributed by atoms with Crippen molar-refractivity contribution in [2.24, 2.45) is 5.92 Å². The molecule has 2 aliphatic heterocycles. The van der Waals surface area contributed by atoms with Crippen molar-refractivity contribution in [3.8, 4) is 0 Å². The van der Waals surface area contributed by atoms with Crippen LogP contribution in [0.5, 0.6) is 0 Å². The summed E-state index contributed by atoms with van der Waals surface area (Å²) in [6, 6.07) is 5.01. The van der Waals surface area contributed by atoms with E-state index in [1.807, 2.05) is 6.92 Å². The molecular weight excluding hydrogens is 281 g/mol. The predicted molar refractivity (Wildman–Crippen MR) is 72.2 cm³/mol. The molecule has 0 bridgehead atoms. The van der Waals surface area contributed by atoms with Gasteiger partial charge in [0.25, 0.3) is 0 Å². The molecule has 0 saturated carbocycles. The Morgan fingerprint density at radius 2 is 2.00 bits per heavy atom. The van der Waals surface area contributed by atoms with E-state index in [-0.39, 0.29) is 23.0 Å². The normalized spacial score (nSPS) is 31.2. The number of ether oxygens (including phenoxy) is 1. The highest BCUT2D eigenvalue weighted by molar-refractivity contribution is 7.89. The van der Waals surface area contributed by atoms with Crippen molar-refractivity contribution in [1.29, 1.82) is 0 Å². The molecule has 0 unspecified atom stereocenters. The van der Waals surface area contributed by atoms with Crippen molar-refractivity contribution in [1.82, 2.24) is 4.31 Å². The van der Waals surface area contributed by atoms with Gasteiger partial charge in [0, 0.05) is 19.0 Å². The molecule has 0 spiro atoms. The van der Waals surface area contributed by atoms with Crippen LogP contribution in [-0.4, -0.2) is 38.0 Å². The monoisotopic (exact) mass is 299 g/mol. The number of hydrogen-bond acceptors (Lipinski definition) is 3. The Labute approximate surface area is 118 Å². The maximum atomic E-state index is 12.9. The fourth-order valence-electron chi connectivity index (χ4n) is 3.14. The van der Waals surface area contributed by atoms with Crippen molar-refractivity contribution in [3.63, 3.8) is 0 Å². The van der Waals surface area contributed by atoms with E-state index in [0.717, 1.165) is 12.8 Å². The average molecular weight is 299 g/mol. The molecular formula is C14H18FNO3S. The van der Waals surface area contributed by atoms with Crippen LogP contribution < -0.4 is 0 Å². The highest BCUT2D eigenvalue weighted by Crippen LogP contribution is 2.34. The van der Waals surface area contributed by atoms with Crippen LogP contribution in [0.2, 0.25) is 0 Å². The number of halogens is 1. The molecule has 2 fully saturated rings. The van der Waals surface area contributed by atoms with E-state index < -0.39 is 15.8 Å². The van der Waals surface area contributed by atoms with Gasteiger partial charge < -0.3 is 4.74 Å². The highest BCUT2D eigenvalue weighted by Gasteiger charge is 2.40. The number of sulfonamides is 1. The van der Waals surface area contributed by atoms with E-state index >= 15 is 0 Å². The summed E-state index contributed by atoms with van der Waals surface area (Å²) in [5, 5.41) is 0. The Kier molecular flexibility index (Phi) is 3.56. The van der Waals surface area contributed by atoms with Crippen molar-refractivity contribution < 1.29 is 17.5 Å². The third kappa shape index (κ3) is 2.47. The fourth-order valence-corrected chi connectivity index (χ4v) is 4.65. The van der Waals surface area contributed by atoms with E-state index in [1.165, 1.54) is 28.6 Å². The number of nitrogens with zero attached hydrogens (tertiary/aromatic N) is 1. The average Bonchev–Trinajstić information content (AvgIpc) is 2.78. The quantitative estimate of drug-likeness (QED) is 0.839. The lowest BCUT2D eigenvalue weighted by atomic mass is 9.94. The van der Waals surface area contributed by atoms with Gasteiger partial charge in [0.2, 0.25) is 10.0 Å². The minimum atomic E-state index is -3.52. The maximum Gasteiger partial charge on any atom is 0.243 e. The summed E-state index contributed by atoms with van der Waals surface area (Å²) < 4.78 is 45.3. The highest BCUT2D eigenvalue weighted by atomic mass is 32.2. The van der Waals surface area contributed by atoms with E-state index in [4.69, 9.17) is 4.74 Å². The molecule has 2 heterocycles. The Bertz CT molecular complexity index is 587. The summed E-state index contributed by atoms with van der Waals surface area (Å²) in [5.41, 5.74) is 0. The lowest BCUT2D eigenvalue weighted by molar-refractivity contribution is 0.0206. The molecule has 110 valence electrons. The summed E-state index contributed by atoms with van der Waals surface area (Å²) in [5.74, 6) is -0.158. The first kappa shape index (κ1) is 14.0. The molecule has 0 N–H and O–H groups in total. The first-order chi connectivity index (χ1) is 9.46. The Balaban J connectivity index is 1.80. The van der Waals surface area contributed by atoms with Gasteiger partial charge in [-0.2, -0.15) is 4.31 Å². The number of benzene rings is 1. The molecule has 6 heteroatoms. The van der Waals surface area contributed by atoms with E-state index in [1.54, 1.807) is 0 Å². The molecule has 3 rings (SSSR count). The van der Waals surface area contributed by atoms with Crippen molar-refractivity contribution >= 4 is 10.0 Å². The van der Waals surface area contributed by atoms with Gasteiger partial charge >= 0.3 is 0 Å². The molecule has 4 nitrogen and oxygen atoms in total. The molecule has 20 heavy (non-hydrogen) atoms. The lowest BCUT2D eigenvalue weighted by Gasteiger charge is -2.33. The molecule has 2 saturated heterocycles. The molecule has 0 amide bonds. The van der Waals surface area contributed by atoms with Crippen LogP contribution >= 0.6 is 0 Å². The van der Waals surface area contributed by atoms with Gasteiger partial charge in [-0.25, -0.2) is 12.8 Å². The summed E-state index contributed by atoms with van der Waals surface area (Å²) >= 11 is 0. The standard InChI is InChI=1S/C14H18FNO3S/c1-10-8-11-9-16(7-6-14(11)19-10)20(17,18)13-4-2-12(15)3-5-13/h2-5,10-11,14H,6-9H2,1H3/t10-,11-,14-/m0/s1. The van der Waals surface area contributed by atoms with Crippen LogP contribution in [0.1, 0.15) is 19.8 Å². The van der Waals surface area contributed by atoms with Crippen LogP contribution in [0.4, 0.5) is 4.39 Å². The van der Waals surface area contributed by atoms with Gasteiger partial charge in [0.1, 0.15) is 5.82 Å². The van der Waals surface area contributed by atoms with Crippen molar-refractivity contribution in [3.05, 3.63) is 30.1 Å². The van der Waals surface area contributed by atoms with Crippen molar-refractivity contribution in [2.45, 2.75) is 36.9 Å². The van der Waals surface area contributed by atoms with Crippen LogP contribution in [-0.2, 0) is 14.8 Å². The molecule has 0 aliphatic carbocycles. The minimum absolute atomic E-state index is 0.157. The number of rotatable bonds is 2. The van der Waals surface area contributed by atoms with E-state index in [9.17, 15) is 12.8 Å². The third-order valence-electron chi connectivity index (χ3n) is 4.12. The Hall–Kier alpha value is -0.980. The minimum Gasteiger partial charge on any atom is -0.375 e. The van der Waals surface area contributed by atoms with Crippen molar-refractivity contribution in [2.75, 3.05) is 13.1 Å². The second-order valence-electron chi connectivity index (χ2n) is 5.59. The van der Waals surface area contributed by atoms with E-state index in [2.05, 4.69) is 0 Å². The number of fused-ring (bicyclic) bond motifs is 1. The SMILES string of the molecule is C[C@H]1C[C@H]2CN(S(=O)(=O)c3ccc(F)cc3)CC[C@@H]2O1. The summed E-state index contributed by atoms with van der Waals surface area (Å²) in [4.78, 5) is 0.157. The summed E-state index contributed by atoms with van der Waals surface area (Å²) in [7, 11) is -3.52. The molecule has 0 aromatic heterocycles. The second-order valence-corrected chi connectivity index (χ2v) is 7.52. The van der Waals surface area contributed by atoms with Crippen LogP contribution in [0.15, 0.2) is 29.2 Å². The smallest absolute Gasteiger partial charge is 0.243 e. The zero-order valence-electron chi connectivity index (χ0n) is 11.3. The Morgan fingerprint density at radius 3 is 2.70 bits per heavy atom. The summed E-state index contributed by atoms with van der Waals surface area (Å²) in [6.07, 6.45) is 2.03. The van der Waals surface area contributed by atoms with Crippen LogP contribution in [0.3, 0.4) is 0 Å². The van der Waals surface area contributed by atoms with Gasteiger partial charge in [0.15, 0.2) is 0 Å². The van der Waals surface area contributed by atoms with Gasteiger partial charge in [-0.1, -0.05) is 0 Å².